The van der Waals surface area contributed by atoms with Gasteiger partial charge in [0, 0.05) is 19.6 Å². The predicted octanol–water partition coefficient (Wildman–Crippen LogP) is 3.93. The molecule has 7 heteroatoms. The fourth-order valence-corrected chi connectivity index (χ4v) is 5.50. The molecule has 1 fully saturated rings. The van der Waals surface area contributed by atoms with Crippen LogP contribution in [-0.2, 0) is 21.4 Å². The average Bonchev–Trinajstić information content (AvgIpc) is 2.77. The fraction of sp³-hybridized carbons (Fsp3) is 0.458. The summed E-state index contributed by atoms with van der Waals surface area (Å²) in [4.78, 5) is 13.3. The number of piperidine rings is 1. The van der Waals surface area contributed by atoms with Crippen molar-refractivity contribution in [2.24, 2.45) is 5.41 Å². The van der Waals surface area contributed by atoms with Crippen molar-refractivity contribution >= 4 is 15.9 Å². The number of carbonyl (C=O) groups is 1. The number of amides is 1. The van der Waals surface area contributed by atoms with E-state index in [4.69, 9.17) is 4.74 Å². The van der Waals surface area contributed by atoms with Gasteiger partial charge < -0.3 is 10.1 Å². The molecule has 0 radical (unpaired) electrons. The third-order valence-corrected chi connectivity index (χ3v) is 7.87. The van der Waals surface area contributed by atoms with Gasteiger partial charge in [-0.2, -0.15) is 4.31 Å². The summed E-state index contributed by atoms with van der Waals surface area (Å²) in [5, 5.41) is 2.98. The standard InChI is InChI=1S/C24H32N2O4S/c1-18(2)20-8-12-22(13-9-20)31(28,29)26-15-5-14-24(3,17-26)23(27)25-16-19-6-10-21(30-4)11-7-19/h6-13,18H,5,14-17H2,1-4H3,(H,25,27)/t24-/m1/s1. The number of nitrogens with one attached hydrogen (secondary N) is 1. The van der Waals surface area contributed by atoms with Gasteiger partial charge in [-0.3, -0.25) is 4.79 Å². The summed E-state index contributed by atoms with van der Waals surface area (Å²) < 4.78 is 33.0. The van der Waals surface area contributed by atoms with E-state index < -0.39 is 15.4 Å². The van der Waals surface area contributed by atoms with Crippen LogP contribution >= 0.6 is 0 Å². The molecule has 0 spiro atoms. The van der Waals surface area contributed by atoms with Gasteiger partial charge in [0.2, 0.25) is 15.9 Å². The van der Waals surface area contributed by atoms with Crippen LogP contribution < -0.4 is 10.1 Å². The second kappa shape index (κ2) is 9.40. The zero-order chi connectivity index (χ0) is 22.6. The van der Waals surface area contributed by atoms with E-state index in [-0.39, 0.29) is 17.3 Å². The van der Waals surface area contributed by atoms with Gasteiger partial charge in [0.05, 0.1) is 17.4 Å². The average molecular weight is 445 g/mol. The molecule has 1 aliphatic rings. The summed E-state index contributed by atoms with van der Waals surface area (Å²) in [5.74, 6) is 0.972. The fourth-order valence-electron chi connectivity index (χ4n) is 3.90. The van der Waals surface area contributed by atoms with Crippen LogP contribution in [-0.4, -0.2) is 38.8 Å². The molecule has 0 aliphatic carbocycles. The molecule has 1 atom stereocenters. The number of benzene rings is 2. The number of sulfonamides is 1. The second-order valence-electron chi connectivity index (χ2n) is 8.76. The maximum absolute atomic E-state index is 13.2. The maximum atomic E-state index is 13.2. The highest BCUT2D eigenvalue weighted by Crippen LogP contribution is 2.33. The maximum Gasteiger partial charge on any atom is 0.243 e. The van der Waals surface area contributed by atoms with Crippen molar-refractivity contribution in [2.75, 3.05) is 20.2 Å². The Morgan fingerprint density at radius 2 is 1.77 bits per heavy atom. The van der Waals surface area contributed by atoms with Crippen LogP contribution in [0, 0.1) is 5.41 Å². The lowest BCUT2D eigenvalue weighted by Crippen LogP contribution is -2.51. The Bertz CT molecular complexity index is 1000. The topological polar surface area (TPSA) is 75.7 Å². The van der Waals surface area contributed by atoms with Gasteiger partial charge in [-0.1, -0.05) is 38.1 Å². The summed E-state index contributed by atoms with van der Waals surface area (Å²) in [6.07, 6.45) is 1.30. The Morgan fingerprint density at radius 3 is 2.35 bits per heavy atom. The highest BCUT2D eigenvalue weighted by Gasteiger charge is 2.41. The lowest BCUT2D eigenvalue weighted by molar-refractivity contribution is -0.132. The SMILES string of the molecule is COc1ccc(CNC(=O)[C@]2(C)CCCN(S(=O)(=O)c3ccc(C(C)C)cc3)C2)cc1. The third-order valence-electron chi connectivity index (χ3n) is 6.01. The molecule has 6 nitrogen and oxygen atoms in total. The van der Waals surface area contributed by atoms with Crippen LogP contribution in [0.1, 0.15) is 50.7 Å². The molecule has 1 heterocycles. The number of carbonyl (C=O) groups excluding carboxylic acids is 1. The van der Waals surface area contributed by atoms with Crippen LogP contribution in [0.2, 0.25) is 0 Å². The molecular formula is C24H32N2O4S. The van der Waals surface area contributed by atoms with E-state index in [0.29, 0.717) is 31.8 Å². The largest absolute Gasteiger partial charge is 0.497 e. The van der Waals surface area contributed by atoms with Gasteiger partial charge in [-0.15, -0.1) is 0 Å². The molecule has 1 saturated heterocycles. The highest BCUT2D eigenvalue weighted by molar-refractivity contribution is 7.89. The lowest BCUT2D eigenvalue weighted by atomic mass is 9.82. The molecule has 1 amide bonds. The Kier molecular flexibility index (Phi) is 7.06. The zero-order valence-electron chi connectivity index (χ0n) is 18.7. The summed E-state index contributed by atoms with van der Waals surface area (Å²) in [6, 6.07) is 14.6. The first kappa shape index (κ1) is 23.3. The van der Waals surface area contributed by atoms with E-state index in [0.717, 1.165) is 16.9 Å². The molecular weight excluding hydrogens is 412 g/mol. The Morgan fingerprint density at radius 1 is 1.13 bits per heavy atom. The van der Waals surface area contributed by atoms with E-state index in [1.807, 2.05) is 43.3 Å². The summed E-state index contributed by atoms with van der Waals surface area (Å²) in [7, 11) is -2.03. The Balaban J connectivity index is 1.69. The van der Waals surface area contributed by atoms with Crippen LogP contribution in [0.25, 0.3) is 0 Å². The van der Waals surface area contributed by atoms with E-state index in [9.17, 15) is 13.2 Å². The molecule has 2 aromatic rings. The highest BCUT2D eigenvalue weighted by atomic mass is 32.2. The van der Waals surface area contributed by atoms with Crippen molar-refractivity contribution in [1.29, 1.82) is 0 Å². The van der Waals surface area contributed by atoms with Crippen molar-refractivity contribution in [1.82, 2.24) is 9.62 Å². The minimum absolute atomic E-state index is 0.127. The number of methoxy groups -OCH3 is 1. The predicted molar refractivity (Wildman–Crippen MR) is 121 cm³/mol. The quantitative estimate of drug-likeness (QED) is 0.702. The molecule has 1 N–H and O–H groups in total. The molecule has 0 aromatic heterocycles. The van der Waals surface area contributed by atoms with E-state index in [2.05, 4.69) is 19.2 Å². The molecule has 0 unspecified atom stereocenters. The van der Waals surface area contributed by atoms with Crippen molar-refractivity contribution in [3.05, 3.63) is 59.7 Å². The number of rotatable bonds is 7. The molecule has 0 saturated carbocycles. The van der Waals surface area contributed by atoms with Crippen LogP contribution in [0.4, 0.5) is 0 Å². The molecule has 3 rings (SSSR count). The lowest BCUT2D eigenvalue weighted by Gasteiger charge is -2.38. The normalized spacial score (nSPS) is 19.9. The second-order valence-corrected chi connectivity index (χ2v) is 10.7. The monoisotopic (exact) mass is 444 g/mol. The number of hydrogen-bond donors (Lipinski definition) is 1. The van der Waals surface area contributed by atoms with Gasteiger partial charge in [0.25, 0.3) is 0 Å². The number of nitrogens with zero attached hydrogens (tertiary/aromatic N) is 1. The van der Waals surface area contributed by atoms with E-state index in [1.165, 1.54) is 4.31 Å². The minimum Gasteiger partial charge on any atom is -0.497 e. The van der Waals surface area contributed by atoms with Gasteiger partial charge in [-0.05, 0) is 61.1 Å². The number of hydrogen-bond acceptors (Lipinski definition) is 4. The molecule has 2 aromatic carbocycles. The molecule has 0 bridgehead atoms. The molecule has 31 heavy (non-hydrogen) atoms. The van der Waals surface area contributed by atoms with Crippen molar-refractivity contribution in [2.45, 2.75) is 51.0 Å². The smallest absolute Gasteiger partial charge is 0.243 e. The van der Waals surface area contributed by atoms with Gasteiger partial charge in [-0.25, -0.2) is 8.42 Å². The Hall–Kier alpha value is -2.38. The van der Waals surface area contributed by atoms with Crippen molar-refractivity contribution < 1.29 is 17.9 Å². The van der Waals surface area contributed by atoms with Crippen molar-refractivity contribution in [3.8, 4) is 5.75 Å². The van der Waals surface area contributed by atoms with E-state index in [1.54, 1.807) is 19.2 Å². The zero-order valence-corrected chi connectivity index (χ0v) is 19.5. The third kappa shape index (κ3) is 5.28. The van der Waals surface area contributed by atoms with Crippen molar-refractivity contribution in [3.63, 3.8) is 0 Å². The Labute approximate surface area is 185 Å². The van der Waals surface area contributed by atoms with Crippen LogP contribution in [0.15, 0.2) is 53.4 Å². The summed E-state index contributed by atoms with van der Waals surface area (Å²) >= 11 is 0. The van der Waals surface area contributed by atoms with Crippen LogP contribution in [0.5, 0.6) is 5.75 Å². The number of ether oxygens (including phenoxy) is 1. The van der Waals surface area contributed by atoms with Crippen LogP contribution in [0.3, 0.4) is 0 Å². The molecule has 1 aliphatic heterocycles. The summed E-state index contributed by atoms with van der Waals surface area (Å²) in [6.45, 7) is 6.99. The van der Waals surface area contributed by atoms with Gasteiger partial charge in [0.1, 0.15) is 5.75 Å². The minimum atomic E-state index is -3.64. The first-order valence-corrected chi connectivity index (χ1v) is 12.1. The van der Waals surface area contributed by atoms with E-state index >= 15 is 0 Å². The molecule has 168 valence electrons. The van der Waals surface area contributed by atoms with Gasteiger partial charge >= 0.3 is 0 Å². The summed E-state index contributed by atoms with van der Waals surface area (Å²) in [5.41, 5.74) is 1.29. The first-order chi connectivity index (χ1) is 14.7. The van der Waals surface area contributed by atoms with Gasteiger partial charge in [0.15, 0.2) is 0 Å². The first-order valence-electron chi connectivity index (χ1n) is 10.7.